The molecule has 0 saturated carbocycles. The van der Waals surface area contributed by atoms with Crippen molar-refractivity contribution < 1.29 is 4.79 Å². The van der Waals surface area contributed by atoms with Gasteiger partial charge in [-0.15, -0.1) is 16.4 Å². The van der Waals surface area contributed by atoms with Gasteiger partial charge in [-0.2, -0.15) is 4.68 Å². The molecule has 1 aliphatic rings. The Morgan fingerprint density at radius 1 is 1.33 bits per heavy atom. The van der Waals surface area contributed by atoms with Crippen molar-refractivity contribution in [1.29, 1.82) is 0 Å². The van der Waals surface area contributed by atoms with Crippen LogP contribution < -0.4 is 10.9 Å². The van der Waals surface area contributed by atoms with Gasteiger partial charge in [-0.1, -0.05) is 22.9 Å². The van der Waals surface area contributed by atoms with Crippen LogP contribution >= 0.6 is 22.9 Å². The maximum absolute atomic E-state index is 13.0. The number of hydrogen-bond donors (Lipinski definition) is 1. The van der Waals surface area contributed by atoms with Crippen molar-refractivity contribution in [3.05, 3.63) is 49.6 Å². The highest BCUT2D eigenvalue weighted by Crippen LogP contribution is 2.33. The zero-order valence-electron chi connectivity index (χ0n) is 15.1. The van der Waals surface area contributed by atoms with Gasteiger partial charge >= 0.3 is 0 Å². The summed E-state index contributed by atoms with van der Waals surface area (Å²) in [7, 11) is 0. The lowest BCUT2D eigenvalue weighted by Crippen LogP contribution is -2.34. The number of thiophene rings is 1. The second kappa shape index (κ2) is 7.05. The van der Waals surface area contributed by atoms with E-state index >= 15 is 0 Å². The number of fused-ring (bicyclic) bond motifs is 3. The van der Waals surface area contributed by atoms with Crippen LogP contribution in [0.1, 0.15) is 41.8 Å². The minimum Gasteiger partial charge on any atom is -0.324 e. The lowest BCUT2D eigenvalue weighted by Gasteiger charge is -2.15. The summed E-state index contributed by atoms with van der Waals surface area (Å²) in [4.78, 5) is 27.7. The lowest BCUT2D eigenvalue weighted by molar-refractivity contribution is -0.119. The van der Waals surface area contributed by atoms with Gasteiger partial charge in [0, 0.05) is 15.6 Å². The second-order valence-corrected chi connectivity index (χ2v) is 8.37. The molecule has 27 heavy (non-hydrogen) atoms. The van der Waals surface area contributed by atoms with Crippen molar-refractivity contribution in [2.75, 3.05) is 5.32 Å². The van der Waals surface area contributed by atoms with Gasteiger partial charge in [-0.25, -0.2) is 0 Å². The largest absolute Gasteiger partial charge is 0.324 e. The van der Waals surface area contributed by atoms with Crippen molar-refractivity contribution in [1.82, 2.24) is 15.0 Å². The number of carbonyl (C=O) groups is 1. The fourth-order valence-corrected chi connectivity index (χ4v) is 4.79. The van der Waals surface area contributed by atoms with E-state index in [4.69, 9.17) is 11.6 Å². The molecule has 1 amide bonds. The topological polar surface area (TPSA) is 76.9 Å². The number of halogens is 1. The van der Waals surface area contributed by atoms with Gasteiger partial charge in [0.05, 0.1) is 5.39 Å². The molecule has 0 aliphatic heterocycles. The van der Waals surface area contributed by atoms with Crippen LogP contribution in [0.4, 0.5) is 5.69 Å². The third kappa shape index (κ3) is 3.26. The maximum Gasteiger partial charge on any atom is 0.279 e. The van der Waals surface area contributed by atoms with E-state index in [0.29, 0.717) is 20.9 Å². The molecule has 4 rings (SSSR count). The molecule has 1 aromatic carbocycles. The number of rotatable bonds is 3. The van der Waals surface area contributed by atoms with Gasteiger partial charge in [-0.3, -0.25) is 9.59 Å². The molecule has 0 bridgehead atoms. The number of aryl methyl sites for hydroxylation is 3. The smallest absolute Gasteiger partial charge is 0.279 e. The second-order valence-electron chi connectivity index (χ2n) is 6.85. The molecule has 6 nitrogen and oxygen atoms in total. The normalized spacial score (nSPS) is 14.8. The summed E-state index contributed by atoms with van der Waals surface area (Å²) in [6.07, 6.45) is 4.09. The standard InChI is InChI=1S/C19H19ClN4O2S/c1-10-7-8-12(20)9-14(10)21-17(25)11(2)24-19(26)16-13-5-3-4-6-15(13)27-18(16)22-23-24/h7-9,11H,3-6H2,1-2H3,(H,21,25). The lowest BCUT2D eigenvalue weighted by atomic mass is 9.97. The summed E-state index contributed by atoms with van der Waals surface area (Å²) in [6.45, 7) is 3.53. The number of carbonyl (C=O) groups excluding carboxylic acids is 1. The molecular formula is C19H19ClN4O2S. The molecule has 1 atom stereocenters. The van der Waals surface area contributed by atoms with Crippen molar-refractivity contribution in [3.8, 4) is 0 Å². The van der Waals surface area contributed by atoms with Crippen molar-refractivity contribution in [2.45, 2.75) is 45.6 Å². The van der Waals surface area contributed by atoms with Gasteiger partial charge < -0.3 is 5.32 Å². The first kappa shape index (κ1) is 18.1. The zero-order chi connectivity index (χ0) is 19.1. The van der Waals surface area contributed by atoms with Crippen LogP contribution in [0, 0.1) is 6.92 Å². The molecule has 3 aromatic rings. The quantitative estimate of drug-likeness (QED) is 0.720. The number of amides is 1. The van der Waals surface area contributed by atoms with Gasteiger partial charge in [0.15, 0.2) is 4.83 Å². The number of nitrogens with zero attached hydrogens (tertiary/aromatic N) is 3. The molecule has 8 heteroatoms. The third-order valence-electron chi connectivity index (χ3n) is 5.01. The molecule has 1 aliphatic carbocycles. The molecule has 0 spiro atoms. The summed E-state index contributed by atoms with van der Waals surface area (Å²) < 4.78 is 1.18. The number of nitrogens with one attached hydrogen (secondary N) is 1. The van der Waals surface area contributed by atoms with Gasteiger partial charge in [0.25, 0.3) is 5.56 Å². The van der Waals surface area contributed by atoms with Crippen LogP contribution in [-0.2, 0) is 17.6 Å². The Morgan fingerprint density at radius 3 is 2.93 bits per heavy atom. The number of anilines is 1. The first-order valence-corrected chi connectivity index (χ1v) is 10.1. The van der Waals surface area contributed by atoms with Crippen LogP contribution in [-0.4, -0.2) is 20.9 Å². The molecule has 140 valence electrons. The molecule has 2 heterocycles. The van der Waals surface area contributed by atoms with Gasteiger partial charge in [0.1, 0.15) is 6.04 Å². The van der Waals surface area contributed by atoms with Crippen molar-refractivity contribution in [2.24, 2.45) is 0 Å². The van der Waals surface area contributed by atoms with E-state index in [2.05, 4.69) is 15.6 Å². The summed E-state index contributed by atoms with van der Waals surface area (Å²) >= 11 is 7.56. The Kier molecular flexibility index (Phi) is 4.74. The predicted octanol–water partition coefficient (Wildman–Crippen LogP) is 3.89. The third-order valence-corrected chi connectivity index (χ3v) is 6.42. The first-order valence-electron chi connectivity index (χ1n) is 8.92. The fraction of sp³-hybridized carbons (Fsp3) is 0.368. The average Bonchev–Trinajstić information content (AvgIpc) is 3.04. The maximum atomic E-state index is 13.0. The highest BCUT2D eigenvalue weighted by molar-refractivity contribution is 7.18. The van der Waals surface area contributed by atoms with E-state index in [1.165, 1.54) is 9.56 Å². The summed E-state index contributed by atoms with van der Waals surface area (Å²) in [5.41, 5.74) is 2.35. The van der Waals surface area contributed by atoms with Crippen LogP contribution in [0.15, 0.2) is 23.0 Å². The zero-order valence-corrected chi connectivity index (χ0v) is 16.7. The summed E-state index contributed by atoms with van der Waals surface area (Å²) in [5.74, 6) is -0.333. The Bertz CT molecular complexity index is 1110. The SMILES string of the molecule is Cc1ccc(Cl)cc1NC(=O)C(C)n1nnc2sc3c(c2c1=O)CCCC3. The molecular weight excluding hydrogens is 384 g/mol. The highest BCUT2D eigenvalue weighted by Gasteiger charge is 2.24. The van der Waals surface area contributed by atoms with Crippen LogP contribution in [0.25, 0.3) is 10.2 Å². The first-order chi connectivity index (χ1) is 13.0. The summed E-state index contributed by atoms with van der Waals surface area (Å²) in [6, 6.07) is 4.50. The minimum atomic E-state index is -0.785. The fourth-order valence-electron chi connectivity index (χ4n) is 3.42. The molecule has 1 N–H and O–H groups in total. The van der Waals surface area contributed by atoms with E-state index < -0.39 is 6.04 Å². The Labute approximate surface area is 165 Å². The Balaban J connectivity index is 1.69. The van der Waals surface area contributed by atoms with Crippen LogP contribution in [0.2, 0.25) is 5.02 Å². The van der Waals surface area contributed by atoms with Gasteiger partial charge in [0.2, 0.25) is 5.91 Å². The van der Waals surface area contributed by atoms with Crippen LogP contribution in [0.5, 0.6) is 0 Å². The molecule has 2 aromatic heterocycles. The van der Waals surface area contributed by atoms with E-state index in [1.807, 2.05) is 13.0 Å². The monoisotopic (exact) mass is 402 g/mol. The highest BCUT2D eigenvalue weighted by atomic mass is 35.5. The van der Waals surface area contributed by atoms with E-state index in [0.717, 1.165) is 36.8 Å². The molecule has 0 radical (unpaired) electrons. The van der Waals surface area contributed by atoms with E-state index in [-0.39, 0.29) is 11.5 Å². The molecule has 0 fully saturated rings. The molecule has 0 saturated heterocycles. The molecule has 1 unspecified atom stereocenters. The van der Waals surface area contributed by atoms with Crippen molar-refractivity contribution in [3.63, 3.8) is 0 Å². The van der Waals surface area contributed by atoms with Crippen LogP contribution in [0.3, 0.4) is 0 Å². The number of benzene rings is 1. The number of aromatic nitrogens is 3. The van der Waals surface area contributed by atoms with E-state index in [1.54, 1.807) is 30.4 Å². The van der Waals surface area contributed by atoms with Crippen molar-refractivity contribution >= 4 is 44.7 Å². The van der Waals surface area contributed by atoms with Gasteiger partial charge in [-0.05, 0) is 62.8 Å². The predicted molar refractivity (Wildman–Crippen MR) is 108 cm³/mol. The van der Waals surface area contributed by atoms with E-state index in [9.17, 15) is 9.59 Å². The Morgan fingerprint density at radius 2 is 2.11 bits per heavy atom. The average molecular weight is 403 g/mol. The number of hydrogen-bond acceptors (Lipinski definition) is 5. The minimum absolute atomic E-state index is 0.245. The summed E-state index contributed by atoms with van der Waals surface area (Å²) in [5, 5.41) is 12.2. The Hall–Kier alpha value is -2.25.